The van der Waals surface area contributed by atoms with Crippen LogP contribution in [0.3, 0.4) is 0 Å². The van der Waals surface area contributed by atoms with Gasteiger partial charge in [-0.25, -0.2) is 4.39 Å². The lowest BCUT2D eigenvalue weighted by molar-refractivity contribution is -0.138. The van der Waals surface area contributed by atoms with Gasteiger partial charge < -0.3 is 5.11 Å². The Morgan fingerprint density at radius 1 is 1.19 bits per heavy atom. The number of carboxylic acids is 1. The van der Waals surface area contributed by atoms with Crippen LogP contribution in [0.4, 0.5) is 4.39 Å². The van der Waals surface area contributed by atoms with Gasteiger partial charge in [-0.1, -0.05) is 22.0 Å². The Labute approximate surface area is 144 Å². The van der Waals surface area contributed by atoms with Crippen molar-refractivity contribution in [1.29, 1.82) is 0 Å². The van der Waals surface area contributed by atoms with E-state index >= 15 is 0 Å². The Bertz CT molecular complexity index is 471. The van der Waals surface area contributed by atoms with Crippen LogP contribution < -0.4 is 0 Å². The molecule has 0 atom stereocenters. The van der Waals surface area contributed by atoms with E-state index in [2.05, 4.69) is 20.8 Å². The molecule has 0 unspecified atom stereocenters. The number of hydrogen-bond donors (Lipinski definition) is 1. The smallest absolute Gasteiger partial charge is 0.317 e. The van der Waals surface area contributed by atoms with Crippen LogP contribution in [0.25, 0.3) is 0 Å². The SMILES string of the molecule is Cl.Cl.O=C(O)CN1CCN(Cc2ccc(Br)cc2F)CC1. The molecule has 1 aliphatic rings. The lowest BCUT2D eigenvalue weighted by Crippen LogP contribution is -2.47. The number of aliphatic carboxylic acids is 1. The van der Waals surface area contributed by atoms with Crippen LogP contribution >= 0.6 is 40.7 Å². The van der Waals surface area contributed by atoms with Crippen LogP contribution in [-0.4, -0.2) is 53.6 Å². The predicted molar refractivity (Wildman–Crippen MR) is 87.9 cm³/mol. The van der Waals surface area contributed by atoms with Crippen LogP contribution in [0.2, 0.25) is 0 Å². The van der Waals surface area contributed by atoms with Gasteiger partial charge >= 0.3 is 5.97 Å². The molecule has 21 heavy (non-hydrogen) atoms. The van der Waals surface area contributed by atoms with Gasteiger partial charge in [-0.05, 0) is 12.1 Å². The zero-order valence-electron chi connectivity index (χ0n) is 11.3. The molecule has 0 saturated carbocycles. The molecule has 1 fully saturated rings. The van der Waals surface area contributed by atoms with E-state index < -0.39 is 5.97 Å². The minimum Gasteiger partial charge on any atom is -0.480 e. The van der Waals surface area contributed by atoms with E-state index in [4.69, 9.17) is 5.11 Å². The van der Waals surface area contributed by atoms with Gasteiger partial charge in [0, 0.05) is 42.8 Å². The van der Waals surface area contributed by atoms with Crippen molar-refractivity contribution < 1.29 is 14.3 Å². The summed E-state index contributed by atoms with van der Waals surface area (Å²) in [5.74, 6) is -1.00. The third kappa shape index (κ3) is 6.48. The van der Waals surface area contributed by atoms with E-state index in [9.17, 15) is 9.18 Å². The third-order valence-electron chi connectivity index (χ3n) is 3.23. The molecule has 1 saturated heterocycles. The Hall–Kier alpha value is -0.400. The molecule has 0 radical (unpaired) electrons. The summed E-state index contributed by atoms with van der Waals surface area (Å²) >= 11 is 3.24. The van der Waals surface area contributed by atoms with Crippen molar-refractivity contribution in [2.24, 2.45) is 0 Å². The average Bonchev–Trinajstić information content (AvgIpc) is 2.34. The number of nitrogens with zero attached hydrogens (tertiary/aromatic N) is 2. The zero-order chi connectivity index (χ0) is 13.8. The molecule has 4 nitrogen and oxygen atoms in total. The Morgan fingerprint density at radius 3 is 2.29 bits per heavy atom. The molecule has 1 heterocycles. The molecule has 1 N–H and O–H groups in total. The summed E-state index contributed by atoms with van der Waals surface area (Å²) in [6.45, 7) is 3.61. The van der Waals surface area contributed by atoms with Crippen molar-refractivity contribution in [3.05, 3.63) is 34.1 Å². The fourth-order valence-corrected chi connectivity index (χ4v) is 2.52. The number of benzene rings is 1. The second kappa shape index (κ2) is 9.58. The first-order chi connectivity index (χ1) is 9.04. The topological polar surface area (TPSA) is 43.8 Å². The summed E-state index contributed by atoms with van der Waals surface area (Å²) in [4.78, 5) is 14.7. The van der Waals surface area contributed by atoms with E-state index in [1.165, 1.54) is 6.07 Å². The summed E-state index contributed by atoms with van der Waals surface area (Å²) in [6.07, 6.45) is 0. The molecular formula is C13H18BrCl2FN2O2. The Balaban J connectivity index is 0.00000200. The summed E-state index contributed by atoms with van der Waals surface area (Å²) in [5.41, 5.74) is 0.676. The molecule has 2 rings (SSSR count). The minimum absolute atomic E-state index is 0. The lowest BCUT2D eigenvalue weighted by atomic mass is 10.2. The molecule has 1 aromatic rings. The van der Waals surface area contributed by atoms with Gasteiger partial charge in [0.25, 0.3) is 0 Å². The van der Waals surface area contributed by atoms with E-state index in [1.807, 2.05) is 11.0 Å². The minimum atomic E-state index is -0.799. The molecule has 0 amide bonds. The number of carbonyl (C=O) groups is 1. The molecule has 1 aliphatic heterocycles. The van der Waals surface area contributed by atoms with E-state index in [0.717, 1.165) is 17.6 Å². The summed E-state index contributed by atoms with van der Waals surface area (Å²) in [5, 5.41) is 8.72. The van der Waals surface area contributed by atoms with Crippen LogP contribution in [-0.2, 0) is 11.3 Å². The zero-order valence-corrected chi connectivity index (χ0v) is 14.5. The summed E-state index contributed by atoms with van der Waals surface area (Å²) < 4.78 is 14.4. The first-order valence-corrected chi connectivity index (χ1v) is 6.94. The van der Waals surface area contributed by atoms with Crippen LogP contribution in [0.15, 0.2) is 22.7 Å². The van der Waals surface area contributed by atoms with Gasteiger partial charge in [-0.3, -0.25) is 14.6 Å². The molecule has 0 spiro atoms. The highest BCUT2D eigenvalue weighted by Gasteiger charge is 2.19. The van der Waals surface area contributed by atoms with E-state index in [1.54, 1.807) is 6.07 Å². The van der Waals surface area contributed by atoms with Gasteiger partial charge in [0.2, 0.25) is 0 Å². The highest BCUT2D eigenvalue weighted by atomic mass is 79.9. The molecule has 0 aliphatic carbocycles. The largest absolute Gasteiger partial charge is 0.480 e. The molecule has 120 valence electrons. The number of halogens is 4. The standard InChI is InChI=1S/C13H16BrFN2O2.2ClH/c14-11-2-1-10(12(15)7-11)8-16-3-5-17(6-4-16)9-13(18)19;;/h1-2,7H,3-6,8-9H2,(H,18,19);2*1H. The van der Waals surface area contributed by atoms with Crippen molar-refractivity contribution in [2.75, 3.05) is 32.7 Å². The van der Waals surface area contributed by atoms with Gasteiger partial charge in [0.05, 0.1) is 6.54 Å². The van der Waals surface area contributed by atoms with Crippen molar-refractivity contribution in [1.82, 2.24) is 9.80 Å². The Morgan fingerprint density at radius 2 is 1.76 bits per heavy atom. The first-order valence-electron chi connectivity index (χ1n) is 6.15. The van der Waals surface area contributed by atoms with Gasteiger partial charge in [-0.15, -0.1) is 24.8 Å². The molecule has 1 aromatic carbocycles. The third-order valence-corrected chi connectivity index (χ3v) is 3.73. The monoisotopic (exact) mass is 402 g/mol. The van der Waals surface area contributed by atoms with E-state index in [0.29, 0.717) is 25.2 Å². The molecule has 8 heteroatoms. The van der Waals surface area contributed by atoms with Crippen LogP contribution in [0.5, 0.6) is 0 Å². The van der Waals surface area contributed by atoms with Crippen molar-refractivity contribution in [2.45, 2.75) is 6.54 Å². The highest BCUT2D eigenvalue weighted by Crippen LogP contribution is 2.17. The van der Waals surface area contributed by atoms with Crippen molar-refractivity contribution in [3.8, 4) is 0 Å². The molecule has 0 aromatic heterocycles. The maximum absolute atomic E-state index is 13.7. The number of rotatable bonds is 4. The van der Waals surface area contributed by atoms with Crippen LogP contribution in [0.1, 0.15) is 5.56 Å². The predicted octanol–water partition coefficient (Wildman–Crippen LogP) is 2.63. The number of carboxylic acid groups (broad SMARTS) is 1. The maximum atomic E-state index is 13.7. The first kappa shape index (κ1) is 20.6. The second-order valence-electron chi connectivity index (χ2n) is 4.68. The van der Waals surface area contributed by atoms with Crippen molar-refractivity contribution >= 4 is 46.7 Å². The van der Waals surface area contributed by atoms with Gasteiger partial charge in [-0.2, -0.15) is 0 Å². The Kier molecular flexibility index (Phi) is 9.40. The quantitative estimate of drug-likeness (QED) is 0.839. The molecule has 0 bridgehead atoms. The van der Waals surface area contributed by atoms with E-state index in [-0.39, 0.29) is 37.2 Å². The number of hydrogen-bond acceptors (Lipinski definition) is 3. The van der Waals surface area contributed by atoms with Gasteiger partial charge in [0.1, 0.15) is 5.82 Å². The fourth-order valence-electron chi connectivity index (χ4n) is 2.19. The fraction of sp³-hybridized carbons (Fsp3) is 0.462. The second-order valence-corrected chi connectivity index (χ2v) is 5.60. The van der Waals surface area contributed by atoms with Gasteiger partial charge in [0.15, 0.2) is 0 Å². The summed E-state index contributed by atoms with van der Waals surface area (Å²) in [7, 11) is 0. The number of piperazine rings is 1. The summed E-state index contributed by atoms with van der Waals surface area (Å²) in [6, 6.07) is 5.08. The normalized spacial score (nSPS) is 15.9. The maximum Gasteiger partial charge on any atom is 0.317 e. The average molecular weight is 404 g/mol. The molecular weight excluding hydrogens is 386 g/mol. The lowest BCUT2D eigenvalue weighted by Gasteiger charge is -2.33. The van der Waals surface area contributed by atoms with Crippen LogP contribution in [0, 0.1) is 5.82 Å². The van der Waals surface area contributed by atoms with Crippen molar-refractivity contribution in [3.63, 3.8) is 0 Å². The highest BCUT2D eigenvalue weighted by molar-refractivity contribution is 9.10.